The van der Waals surface area contributed by atoms with Crippen molar-refractivity contribution in [1.29, 1.82) is 5.26 Å². The SMILES string of the molecule is CC(C#N)CNC(=O)CCc1ncc(-c2ccccc2F)o1. The Morgan fingerprint density at radius 3 is 3.00 bits per heavy atom. The van der Waals surface area contributed by atoms with Crippen molar-refractivity contribution in [3.05, 3.63) is 42.2 Å². The molecule has 0 radical (unpaired) electrons. The van der Waals surface area contributed by atoms with Crippen molar-refractivity contribution in [2.45, 2.75) is 19.8 Å². The molecule has 1 aromatic heterocycles. The van der Waals surface area contributed by atoms with Gasteiger partial charge in [0, 0.05) is 19.4 Å². The Morgan fingerprint density at radius 1 is 1.50 bits per heavy atom. The van der Waals surface area contributed by atoms with Crippen LogP contribution < -0.4 is 5.32 Å². The number of aromatic nitrogens is 1. The molecule has 1 heterocycles. The predicted octanol–water partition coefficient (Wildman–Crippen LogP) is 2.69. The van der Waals surface area contributed by atoms with E-state index in [1.165, 1.54) is 12.3 Å². The van der Waals surface area contributed by atoms with Crippen LogP contribution in [0.2, 0.25) is 0 Å². The first-order chi connectivity index (χ1) is 10.6. The molecule has 0 bridgehead atoms. The van der Waals surface area contributed by atoms with E-state index in [4.69, 9.17) is 9.68 Å². The van der Waals surface area contributed by atoms with Gasteiger partial charge in [0.25, 0.3) is 0 Å². The molecule has 2 rings (SSSR count). The molecule has 1 amide bonds. The van der Waals surface area contributed by atoms with Crippen LogP contribution in [-0.4, -0.2) is 17.4 Å². The molecule has 2 aromatic rings. The van der Waals surface area contributed by atoms with Gasteiger partial charge in [-0.3, -0.25) is 4.79 Å². The summed E-state index contributed by atoms with van der Waals surface area (Å²) < 4.78 is 19.1. The van der Waals surface area contributed by atoms with Crippen LogP contribution in [0.25, 0.3) is 11.3 Å². The summed E-state index contributed by atoms with van der Waals surface area (Å²) in [5.74, 6) is -0.0622. The molecule has 1 unspecified atom stereocenters. The number of carbonyl (C=O) groups is 1. The lowest BCUT2D eigenvalue weighted by Crippen LogP contribution is -2.27. The first kappa shape index (κ1) is 15.7. The van der Waals surface area contributed by atoms with Gasteiger partial charge >= 0.3 is 0 Å². The molecule has 0 spiro atoms. The molecular formula is C16H16FN3O2. The van der Waals surface area contributed by atoms with Gasteiger partial charge in [0.1, 0.15) is 5.82 Å². The molecule has 0 saturated heterocycles. The third-order valence-electron chi connectivity index (χ3n) is 3.08. The molecule has 1 N–H and O–H groups in total. The van der Waals surface area contributed by atoms with Crippen molar-refractivity contribution in [2.24, 2.45) is 5.92 Å². The van der Waals surface area contributed by atoms with E-state index in [1.807, 2.05) is 6.07 Å². The van der Waals surface area contributed by atoms with Gasteiger partial charge in [0.05, 0.1) is 23.7 Å². The Hall–Kier alpha value is -2.68. The summed E-state index contributed by atoms with van der Waals surface area (Å²) in [6.07, 6.45) is 1.97. The Labute approximate surface area is 127 Å². The summed E-state index contributed by atoms with van der Waals surface area (Å²) in [4.78, 5) is 15.7. The maximum Gasteiger partial charge on any atom is 0.220 e. The van der Waals surface area contributed by atoms with Crippen molar-refractivity contribution >= 4 is 5.91 Å². The van der Waals surface area contributed by atoms with Crippen molar-refractivity contribution in [2.75, 3.05) is 6.54 Å². The lowest BCUT2D eigenvalue weighted by Gasteiger charge is -2.04. The molecule has 0 saturated carbocycles. The number of hydrogen-bond acceptors (Lipinski definition) is 4. The number of aryl methyl sites for hydroxylation is 1. The zero-order chi connectivity index (χ0) is 15.9. The molecule has 114 valence electrons. The summed E-state index contributed by atoms with van der Waals surface area (Å²) in [6, 6.07) is 8.31. The fraction of sp³-hybridized carbons (Fsp3) is 0.312. The molecule has 1 atom stereocenters. The van der Waals surface area contributed by atoms with Crippen LogP contribution >= 0.6 is 0 Å². The van der Waals surface area contributed by atoms with Gasteiger partial charge in [-0.2, -0.15) is 5.26 Å². The highest BCUT2D eigenvalue weighted by atomic mass is 19.1. The smallest absolute Gasteiger partial charge is 0.220 e. The molecular weight excluding hydrogens is 285 g/mol. The summed E-state index contributed by atoms with van der Waals surface area (Å²) in [6.45, 7) is 2.05. The number of hydrogen-bond donors (Lipinski definition) is 1. The molecule has 6 heteroatoms. The van der Waals surface area contributed by atoms with Gasteiger partial charge in [0.2, 0.25) is 5.91 Å². The Bertz CT molecular complexity index is 691. The van der Waals surface area contributed by atoms with E-state index in [2.05, 4.69) is 10.3 Å². The number of amides is 1. The maximum absolute atomic E-state index is 13.6. The van der Waals surface area contributed by atoms with Crippen molar-refractivity contribution in [3.63, 3.8) is 0 Å². The third-order valence-corrected chi connectivity index (χ3v) is 3.08. The molecule has 0 fully saturated rings. The van der Waals surface area contributed by atoms with E-state index in [9.17, 15) is 9.18 Å². The molecule has 5 nitrogen and oxygen atoms in total. The first-order valence-corrected chi connectivity index (χ1v) is 6.96. The largest absolute Gasteiger partial charge is 0.441 e. The summed E-state index contributed by atoms with van der Waals surface area (Å²) >= 11 is 0. The zero-order valence-electron chi connectivity index (χ0n) is 12.2. The summed E-state index contributed by atoms with van der Waals surface area (Å²) in [5, 5.41) is 11.3. The Morgan fingerprint density at radius 2 is 2.27 bits per heavy atom. The molecule has 0 aliphatic heterocycles. The average molecular weight is 301 g/mol. The van der Waals surface area contributed by atoms with Crippen LogP contribution in [0.15, 0.2) is 34.9 Å². The van der Waals surface area contributed by atoms with Crippen LogP contribution in [0.1, 0.15) is 19.2 Å². The van der Waals surface area contributed by atoms with E-state index in [0.717, 1.165) is 0 Å². The van der Waals surface area contributed by atoms with Crippen molar-refractivity contribution in [3.8, 4) is 17.4 Å². The molecule has 0 aliphatic rings. The number of benzene rings is 1. The van der Waals surface area contributed by atoms with Crippen molar-refractivity contribution in [1.82, 2.24) is 10.3 Å². The molecule has 22 heavy (non-hydrogen) atoms. The third kappa shape index (κ3) is 4.16. The second kappa shape index (κ2) is 7.36. The number of nitrogens with one attached hydrogen (secondary N) is 1. The number of carbonyl (C=O) groups excluding carboxylic acids is 1. The monoisotopic (exact) mass is 301 g/mol. The summed E-state index contributed by atoms with van der Waals surface area (Å²) in [7, 11) is 0. The van der Waals surface area contributed by atoms with Gasteiger partial charge in [0.15, 0.2) is 11.7 Å². The van der Waals surface area contributed by atoms with Gasteiger partial charge in [-0.1, -0.05) is 12.1 Å². The normalized spacial score (nSPS) is 11.7. The minimum Gasteiger partial charge on any atom is -0.441 e. The van der Waals surface area contributed by atoms with Gasteiger partial charge in [-0.05, 0) is 19.1 Å². The number of rotatable bonds is 6. The second-order valence-corrected chi connectivity index (χ2v) is 4.93. The number of nitriles is 1. The van der Waals surface area contributed by atoms with Gasteiger partial charge in [-0.25, -0.2) is 9.37 Å². The minimum absolute atomic E-state index is 0.173. The van der Waals surface area contributed by atoms with Crippen molar-refractivity contribution < 1.29 is 13.6 Å². The van der Waals surface area contributed by atoms with E-state index < -0.39 is 0 Å². The zero-order valence-corrected chi connectivity index (χ0v) is 12.2. The number of halogens is 1. The Balaban J connectivity index is 1.89. The van der Waals surface area contributed by atoms with E-state index in [0.29, 0.717) is 30.2 Å². The quantitative estimate of drug-likeness (QED) is 0.889. The average Bonchev–Trinajstić information content (AvgIpc) is 2.99. The highest BCUT2D eigenvalue weighted by Crippen LogP contribution is 2.23. The minimum atomic E-state index is -0.381. The van der Waals surface area contributed by atoms with Crippen LogP contribution in [0.5, 0.6) is 0 Å². The van der Waals surface area contributed by atoms with Gasteiger partial charge < -0.3 is 9.73 Å². The second-order valence-electron chi connectivity index (χ2n) is 4.93. The van der Waals surface area contributed by atoms with E-state index in [1.54, 1.807) is 25.1 Å². The van der Waals surface area contributed by atoms with Gasteiger partial charge in [-0.15, -0.1) is 0 Å². The molecule has 0 aliphatic carbocycles. The number of nitrogens with zero attached hydrogens (tertiary/aromatic N) is 2. The lowest BCUT2D eigenvalue weighted by molar-refractivity contribution is -0.121. The number of oxazole rings is 1. The fourth-order valence-electron chi connectivity index (χ4n) is 1.83. The van der Waals surface area contributed by atoms with E-state index >= 15 is 0 Å². The predicted molar refractivity (Wildman–Crippen MR) is 78.0 cm³/mol. The van der Waals surface area contributed by atoms with Crippen LogP contribution in [-0.2, 0) is 11.2 Å². The van der Waals surface area contributed by atoms with Crippen LogP contribution in [0.4, 0.5) is 4.39 Å². The van der Waals surface area contributed by atoms with Crippen LogP contribution in [0, 0.1) is 23.1 Å². The highest BCUT2D eigenvalue weighted by Gasteiger charge is 2.12. The van der Waals surface area contributed by atoms with E-state index in [-0.39, 0.29) is 24.1 Å². The standard InChI is InChI=1S/C16H16FN3O2/c1-11(8-18)9-19-15(21)6-7-16-20-10-14(22-16)12-4-2-3-5-13(12)17/h2-5,10-11H,6-7,9H2,1H3,(H,19,21). The molecule has 1 aromatic carbocycles. The highest BCUT2D eigenvalue weighted by molar-refractivity contribution is 5.76. The lowest BCUT2D eigenvalue weighted by atomic mass is 10.2. The maximum atomic E-state index is 13.6. The first-order valence-electron chi connectivity index (χ1n) is 6.96. The van der Waals surface area contributed by atoms with Crippen LogP contribution in [0.3, 0.4) is 0 Å². The fourth-order valence-corrected chi connectivity index (χ4v) is 1.83. The summed E-state index contributed by atoms with van der Waals surface area (Å²) in [5.41, 5.74) is 0.341. The topological polar surface area (TPSA) is 78.9 Å². The Kier molecular flexibility index (Phi) is 5.26.